The first-order valence-corrected chi connectivity index (χ1v) is 10.8. The lowest BCUT2D eigenvalue weighted by atomic mass is 10.1. The summed E-state index contributed by atoms with van der Waals surface area (Å²) in [6.07, 6.45) is 1.04. The van der Waals surface area contributed by atoms with Crippen molar-refractivity contribution in [2.45, 2.75) is 6.29 Å². The van der Waals surface area contributed by atoms with Crippen LogP contribution in [-0.2, 0) is 9.47 Å². The monoisotopic (exact) mass is 481 g/mol. The number of halogens is 2. The molecule has 0 unspecified atom stereocenters. The van der Waals surface area contributed by atoms with E-state index in [1.165, 1.54) is 13.3 Å². The normalized spacial score (nSPS) is 13.9. The molecule has 4 aromatic rings. The number of aromatic nitrogens is 1. The van der Waals surface area contributed by atoms with E-state index in [9.17, 15) is 5.26 Å². The fourth-order valence-electron chi connectivity index (χ4n) is 3.64. The maximum atomic E-state index is 9.66. The highest BCUT2D eigenvalue weighted by Gasteiger charge is 2.22. The third-order valence-electron chi connectivity index (χ3n) is 5.26. The van der Waals surface area contributed by atoms with E-state index in [0.717, 1.165) is 10.9 Å². The Morgan fingerprint density at radius 2 is 1.91 bits per heavy atom. The highest BCUT2D eigenvalue weighted by molar-refractivity contribution is 6.37. The van der Waals surface area contributed by atoms with Crippen molar-refractivity contribution in [1.82, 2.24) is 4.98 Å². The topological polar surface area (TPSA) is 89.5 Å². The summed E-state index contributed by atoms with van der Waals surface area (Å²) in [4.78, 5) is 4.46. The molecule has 0 saturated carbocycles. The zero-order valence-electron chi connectivity index (χ0n) is 17.4. The van der Waals surface area contributed by atoms with Gasteiger partial charge in [-0.15, -0.1) is 0 Å². The molecule has 1 saturated heterocycles. The first kappa shape index (κ1) is 21.6. The van der Waals surface area contributed by atoms with Crippen molar-refractivity contribution >= 4 is 45.5 Å². The number of benzene rings is 2. The first-order valence-electron chi connectivity index (χ1n) is 10.0. The van der Waals surface area contributed by atoms with Crippen LogP contribution < -0.4 is 10.1 Å². The Labute approximate surface area is 199 Å². The number of nitrogens with zero attached hydrogens (tertiary/aromatic N) is 2. The Balaban J connectivity index is 1.54. The summed E-state index contributed by atoms with van der Waals surface area (Å²) in [5.74, 6) is 1.74. The molecular formula is C24H17Cl2N3O4. The average molecular weight is 482 g/mol. The predicted molar refractivity (Wildman–Crippen MR) is 125 cm³/mol. The highest BCUT2D eigenvalue weighted by atomic mass is 35.5. The molecule has 33 heavy (non-hydrogen) atoms. The van der Waals surface area contributed by atoms with Crippen molar-refractivity contribution in [3.63, 3.8) is 0 Å². The Hall–Kier alpha value is -3.28. The molecule has 1 N–H and O–H groups in total. The van der Waals surface area contributed by atoms with Crippen LogP contribution >= 0.6 is 23.2 Å². The lowest BCUT2D eigenvalue weighted by Crippen LogP contribution is -1.98. The van der Waals surface area contributed by atoms with Crippen LogP contribution in [0.2, 0.25) is 10.0 Å². The summed E-state index contributed by atoms with van der Waals surface area (Å²) < 4.78 is 22.2. The van der Waals surface area contributed by atoms with E-state index in [1.807, 2.05) is 30.3 Å². The number of anilines is 2. The lowest BCUT2D eigenvalue weighted by molar-refractivity contribution is -0.0585. The number of hydrogen-bond acceptors (Lipinski definition) is 7. The Bertz CT molecular complexity index is 1390. The zero-order valence-corrected chi connectivity index (χ0v) is 18.9. The van der Waals surface area contributed by atoms with E-state index < -0.39 is 6.29 Å². The molecule has 9 heteroatoms. The Morgan fingerprint density at radius 1 is 1.09 bits per heavy atom. The van der Waals surface area contributed by atoms with Gasteiger partial charge in [0.05, 0.1) is 52.8 Å². The van der Waals surface area contributed by atoms with Gasteiger partial charge in [-0.3, -0.25) is 4.98 Å². The Kier molecular flexibility index (Phi) is 5.83. The van der Waals surface area contributed by atoms with Crippen molar-refractivity contribution in [3.05, 3.63) is 70.0 Å². The minimum atomic E-state index is -0.479. The number of methoxy groups -OCH3 is 1. The average Bonchev–Trinajstić information content (AvgIpc) is 3.53. The number of pyridine rings is 1. The lowest BCUT2D eigenvalue weighted by Gasteiger charge is -2.15. The summed E-state index contributed by atoms with van der Waals surface area (Å²) in [7, 11) is 1.52. The van der Waals surface area contributed by atoms with E-state index in [2.05, 4.69) is 16.4 Å². The fraction of sp³-hybridized carbons (Fsp3) is 0.167. The van der Waals surface area contributed by atoms with Gasteiger partial charge in [0.25, 0.3) is 0 Å². The molecule has 0 spiro atoms. The number of furan rings is 1. The summed E-state index contributed by atoms with van der Waals surface area (Å²) >= 11 is 12.5. The second-order valence-corrected chi connectivity index (χ2v) is 8.07. The summed E-state index contributed by atoms with van der Waals surface area (Å²) in [5.41, 5.74) is 3.01. The van der Waals surface area contributed by atoms with Crippen molar-refractivity contribution in [1.29, 1.82) is 5.26 Å². The number of ether oxygens (including phenoxy) is 3. The van der Waals surface area contributed by atoms with Crippen LogP contribution in [-0.4, -0.2) is 25.3 Å². The number of nitriles is 1. The van der Waals surface area contributed by atoms with Gasteiger partial charge >= 0.3 is 0 Å². The van der Waals surface area contributed by atoms with E-state index in [1.54, 1.807) is 12.1 Å². The molecule has 166 valence electrons. The molecule has 0 aliphatic carbocycles. The van der Waals surface area contributed by atoms with Gasteiger partial charge in [-0.2, -0.15) is 5.26 Å². The second kappa shape index (κ2) is 8.93. The van der Waals surface area contributed by atoms with Gasteiger partial charge in [0.1, 0.15) is 17.6 Å². The molecule has 1 fully saturated rings. The van der Waals surface area contributed by atoms with E-state index >= 15 is 0 Å². The van der Waals surface area contributed by atoms with Crippen molar-refractivity contribution < 1.29 is 18.6 Å². The largest absolute Gasteiger partial charge is 0.495 e. The molecule has 7 nitrogen and oxygen atoms in total. The quantitative estimate of drug-likeness (QED) is 0.349. The molecular weight excluding hydrogens is 465 g/mol. The van der Waals surface area contributed by atoms with E-state index in [4.69, 9.17) is 41.8 Å². The van der Waals surface area contributed by atoms with Gasteiger partial charge in [0, 0.05) is 23.2 Å². The van der Waals surface area contributed by atoms with Gasteiger partial charge in [-0.25, -0.2) is 0 Å². The number of fused-ring (bicyclic) bond motifs is 1. The molecule has 3 heterocycles. The van der Waals surface area contributed by atoms with Crippen LogP contribution in [0.3, 0.4) is 0 Å². The number of hydrogen-bond donors (Lipinski definition) is 1. The smallest absolute Gasteiger partial charge is 0.217 e. The van der Waals surface area contributed by atoms with Gasteiger partial charge < -0.3 is 23.9 Å². The molecule has 2 aromatic carbocycles. The second-order valence-electron chi connectivity index (χ2n) is 7.26. The molecule has 0 bridgehead atoms. The van der Waals surface area contributed by atoms with Crippen LogP contribution in [0.15, 0.2) is 53.1 Å². The zero-order chi connectivity index (χ0) is 22.9. The van der Waals surface area contributed by atoms with Crippen LogP contribution in [0, 0.1) is 11.3 Å². The third kappa shape index (κ3) is 4.10. The molecule has 5 rings (SSSR count). The van der Waals surface area contributed by atoms with Crippen LogP contribution in [0.25, 0.3) is 22.2 Å². The van der Waals surface area contributed by atoms with E-state index in [0.29, 0.717) is 63.0 Å². The summed E-state index contributed by atoms with van der Waals surface area (Å²) in [5, 5.41) is 14.4. The maximum Gasteiger partial charge on any atom is 0.217 e. The van der Waals surface area contributed by atoms with Crippen molar-refractivity contribution in [2.75, 3.05) is 25.6 Å². The van der Waals surface area contributed by atoms with Crippen LogP contribution in [0.1, 0.15) is 17.6 Å². The van der Waals surface area contributed by atoms with Gasteiger partial charge in [-0.05, 0) is 30.3 Å². The SMILES string of the molecule is COc1cc(Nc2c(C#N)cnc3cc(-c4ccc(C5OCCO5)o4)ccc23)c(Cl)cc1Cl. The van der Waals surface area contributed by atoms with Crippen molar-refractivity contribution in [2.24, 2.45) is 0 Å². The highest BCUT2D eigenvalue weighted by Crippen LogP contribution is 2.38. The molecule has 2 aromatic heterocycles. The molecule has 0 atom stereocenters. The number of nitrogens with one attached hydrogen (secondary N) is 1. The molecule has 0 radical (unpaired) electrons. The van der Waals surface area contributed by atoms with Crippen molar-refractivity contribution in [3.8, 4) is 23.1 Å². The van der Waals surface area contributed by atoms with Gasteiger partial charge in [0.15, 0.2) is 5.76 Å². The van der Waals surface area contributed by atoms with Crippen LogP contribution in [0.5, 0.6) is 5.75 Å². The van der Waals surface area contributed by atoms with Gasteiger partial charge in [-0.1, -0.05) is 29.3 Å². The van der Waals surface area contributed by atoms with E-state index in [-0.39, 0.29) is 0 Å². The Morgan fingerprint density at radius 3 is 2.67 bits per heavy atom. The molecule has 1 aliphatic rings. The first-order chi connectivity index (χ1) is 16.1. The maximum absolute atomic E-state index is 9.66. The van der Waals surface area contributed by atoms with Gasteiger partial charge in [0.2, 0.25) is 6.29 Å². The third-order valence-corrected chi connectivity index (χ3v) is 5.86. The summed E-state index contributed by atoms with van der Waals surface area (Å²) in [6, 6.07) is 14.8. The fourth-order valence-corrected chi connectivity index (χ4v) is 4.15. The molecule has 0 amide bonds. The minimum absolute atomic E-state index is 0.371. The van der Waals surface area contributed by atoms with Crippen LogP contribution in [0.4, 0.5) is 11.4 Å². The predicted octanol–water partition coefficient (Wildman–Crippen LogP) is 6.47. The standard InChI is InChI=1S/C24H17Cl2N3O4/c1-30-22-10-19(16(25)9-17(22)26)29-23-14(11-27)12-28-18-8-13(2-3-15(18)23)20-4-5-21(33-20)24-31-6-7-32-24/h2-5,8-10,12,24H,6-7H2,1H3,(H,28,29). The number of rotatable bonds is 5. The summed E-state index contributed by atoms with van der Waals surface area (Å²) in [6.45, 7) is 1.09. The molecule has 1 aliphatic heterocycles. The minimum Gasteiger partial charge on any atom is -0.495 e.